The molecule has 1 aliphatic rings. The number of rotatable bonds is 3. The maximum absolute atomic E-state index is 8.87. The first kappa shape index (κ1) is 7.52. The molecule has 1 rings (SSSR count). The zero-order valence-corrected chi connectivity index (χ0v) is 5.95. The highest BCUT2D eigenvalue weighted by atomic mass is 16.3. The Hall–Kier alpha value is -0.590. The molecule has 0 aliphatic carbocycles. The van der Waals surface area contributed by atoms with Gasteiger partial charge in [0.15, 0.2) is 0 Å². The molecule has 0 unspecified atom stereocenters. The topological polar surface area (TPSA) is 47.3 Å². The number of likely N-dealkylation sites (tertiary alicyclic amines) is 1. The zero-order chi connectivity index (χ0) is 7.40. The molecule has 0 spiro atoms. The van der Waals surface area contributed by atoms with Crippen LogP contribution in [-0.2, 0) is 0 Å². The van der Waals surface area contributed by atoms with Crippen molar-refractivity contribution in [3.8, 4) is 6.07 Å². The van der Waals surface area contributed by atoms with Crippen molar-refractivity contribution in [1.29, 1.82) is 5.26 Å². The van der Waals surface area contributed by atoms with Crippen LogP contribution in [-0.4, -0.2) is 35.7 Å². The molecule has 56 valence electrons. The monoisotopic (exact) mass is 140 g/mol. The summed E-state index contributed by atoms with van der Waals surface area (Å²) in [7, 11) is 0. The van der Waals surface area contributed by atoms with E-state index in [0.29, 0.717) is 6.42 Å². The Morgan fingerprint density at radius 2 is 2.30 bits per heavy atom. The average molecular weight is 140 g/mol. The molecule has 3 heteroatoms. The number of aliphatic hydroxyl groups is 1. The van der Waals surface area contributed by atoms with Gasteiger partial charge in [0, 0.05) is 19.5 Å². The van der Waals surface area contributed by atoms with Crippen molar-refractivity contribution in [2.75, 3.05) is 19.6 Å². The Kier molecular flexibility index (Phi) is 2.67. The number of β-amino-alcohol motifs (C(OH)–C–C–N with tert-alkyl or cyclic N) is 1. The van der Waals surface area contributed by atoms with Gasteiger partial charge in [-0.05, 0) is 13.0 Å². The van der Waals surface area contributed by atoms with Crippen LogP contribution in [0.15, 0.2) is 0 Å². The standard InChI is InChI=1S/C7H12N2O/c8-3-1-2-4-9-5-7(10)6-9/h7,10H,1-2,4-6H2. The fourth-order valence-corrected chi connectivity index (χ4v) is 1.11. The molecule has 1 heterocycles. The molecular formula is C7H12N2O. The summed E-state index contributed by atoms with van der Waals surface area (Å²) in [6.07, 6.45) is 1.46. The van der Waals surface area contributed by atoms with E-state index in [1.54, 1.807) is 0 Å². The van der Waals surface area contributed by atoms with Gasteiger partial charge in [0.2, 0.25) is 0 Å². The third-order valence-electron chi connectivity index (χ3n) is 1.70. The van der Waals surface area contributed by atoms with Crippen molar-refractivity contribution in [2.24, 2.45) is 0 Å². The van der Waals surface area contributed by atoms with Gasteiger partial charge in [0.1, 0.15) is 0 Å². The summed E-state index contributed by atoms with van der Waals surface area (Å²) in [5, 5.41) is 17.1. The van der Waals surface area contributed by atoms with E-state index in [1.165, 1.54) is 0 Å². The fourth-order valence-electron chi connectivity index (χ4n) is 1.11. The average Bonchev–Trinajstić information content (AvgIpc) is 1.85. The molecule has 0 bridgehead atoms. The molecule has 10 heavy (non-hydrogen) atoms. The van der Waals surface area contributed by atoms with Crippen LogP contribution in [0, 0.1) is 11.3 Å². The van der Waals surface area contributed by atoms with E-state index in [2.05, 4.69) is 11.0 Å². The Bertz CT molecular complexity index is 135. The maximum atomic E-state index is 8.87. The van der Waals surface area contributed by atoms with E-state index in [0.717, 1.165) is 26.1 Å². The molecule has 0 atom stereocenters. The molecule has 1 aliphatic heterocycles. The minimum Gasteiger partial charge on any atom is -0.390 e. The lowest BCUT2D eigenvalue weighted by Gasteiger charge is -2.35. The SMILES string of the molecule is N#CCCCN1CC(O)C1. The molecule has 0 radical (unpaired) electrons. The van der Waals surface area contributed by atoms with Gasteiger partial charge in [0.05, 0.1) is 12.2 Å². The van der Waals surface area contributed by atoms with Gasteiger partial charge in [0.25, 0.3) is 0 Å². The van der Waals surface area contributed by atoms with E-state index < -0.39 is 0 Å². The van der Waals surface area contributed by atoms with Gasteiger partial charge in [-0.25, -0.2) is 0 Å². The van der Waals surface area contributed by atoms with Crippen molar-refractivity contribution in [2.45, 2.75) is 18.9 Å². The Morgan fingerprint density at radius 1 is 1.60 bits per heavy atom. The second-order valence-corrected chi connectivity index (χ2v) is 2.68. The maximum Gasteiger partial charge on any atom is 0.0793 e. The van der Waals surface area contributed by atoms with Crippen LogP contribution in [0.25, 0.3) is 0 Å². The van der Waals surface area contributed by atoms with E-state index >= 15 is 0 Å². The van der Waals surface area contributed by atoms with Gasteiger partial charge < -0.3 is 5.11 Å². The van der Waals surface area contributed by atoms with Crippen LogP contribution in [0.5, 0.6) is 0 Å². The normalized spacial score (nSPS) is 20.0. The van der Waals surface area contributed by atoms with Crippen molar-refractivity contribution >= 4 is 0 Å². The summed E-state index contributed by atoms with van der Waals surface area (Å²) >= 11 is 0. The lowest BCUT2D eigenvalue weighted by molar-refractivity contribution is 0.00203. The first-order valence-corrected chi connectivity index (χ1v) is 3.60. The summed E-state index contributed by atoms with van der Waals surface area (Å²) in [4.78, 5) is 2.15. The van der Waals surface area contributed by atoms with Crippen molar-refractivity contribution in [3.05, 3.63) is 0 Å². The molecule has 3 nitrogen and oxygen atoms in total. The summed E-state index contributed by atoms with van der Waals surface area (Å²) in [6, 6.07) is 2.09. The largest absolute Gasteiger partial charge is 0.390 e. The van der Waals surface area contributed by atoms with Crippen LogP contribution in [0.4, 0.5) is 0 Å². The molecule has 0 amide bonds. The van der Waals surface area contributed by atoms with Crippen LogP contribution < -0.4 is 0 Å². The van der Waals surface area contributed by atoms with Crippen LogP contribution >= 0.6 is 0 Å². The lowest BCUT2D eigenvalue weighted by Crippen LogP contribution is -2.50. The Balaban J connectivity index is 1.91. The van der Waals surface area contributed by atoms with Gasteiger partial charge in [-0.3, -0.25) is 4.90 Å². The quantitative estimate of drug-likeness (QED) is 0.560. The van der Waals surface area contributed by atoms with Gasteiger partial charge >= 0.3 is 0 Å². The molecule has 0 aromatic carbocycles. The Labute approximate surface area is 60.9 Å². The number of hydrogen-bond acceptors (Lipinski definition) is 3. The zero-order valence-electron chi connectivity index (χ0n) is 5.95. The number of nitrogens with zero attached hydrogens (tertiary/aromatic N) is 2. The highest BCUT2D eigenvalue weighted by molar-refractivity contribution is 4.79. The highest BCUT2D eigenvalue weighted by Crippen LogP contribution is 2.07. The molecule has 0 aromatic rings. The van der Waals surface area contributed by atoms with Gasteiger partial charge in [-0.2, -0.15) is 5.26 Å². The van der Waals surface area contributed by atoms with Crippen LogP contribution in [0.2, 0.25) is 0 Å². The van der Waals surface area contributed by atoms with Crippen LogP contribution in [0.3, 0.4) is 0 Å². The molecule has 1 saturated heterocycles. The molecule has 0 saturated carbocycles. The number of nitriles is 1. The van der Waals surface area contributed by atoms with Crippen molar-refractivity contribution < 1.29 is 5.11 Å². The third-order valence-corrected chi connectivity index (χ3v) is 1.70. The summed E-state index contributed by atoms with van der Waals surface area (Å²) in [5.41, 5.74) is 0. The van der Waals surface area contributed by atoms with Gasteiger partial charge in [-0.15, -0.1) is 0 Å². The molecule has 1 N–H and O–H groups in total. The van der Waals surface area contributed by atoms with Crippen molar-refractivity contribution in [1.82, 2.24) is 4.90 Å². The smallest absolute Gasteiger partial charge is 0.0793 e. The first-order valence-electron chi connectivity index (χ1n) is 3.60. The molecule has 1 fully saturated rings. The fraction of sp³-hybridized carbons (Fsp3) is 0.857. The number of unbranched alkanes of at least 4 members (excludes halogenated alkanes) is 1. The second-order valence-electron chi connectivity index (χ2n) is 2.68. The van der Waals surface area contributed by atoms with E-state index in [4.69, 9.17) is 10.4 Å². The minimum atomic E-state index is -0.109. The molecule has 0 aromatic heterocycles. The molecular weight excluding hydrogens is 128 g/mol. The van der Waals surface area contributed by atoms with E-state index in [1.807, 2.05) is 0 Å². The van der Waals surface area contributed by atoms with Gasteiger partial charge in [-0.1, -0.05) is 0 Å². The lowest BCUT2D eigenvalue weighted by atomic mass is 10.1. The predicted octanol–water partition coefficient (Wildman–Crippen LogP) is -0.0333. The summed E-state index contributed by atoms with van der Waals surface area (Å²) in [5.74, 6) is 0. The van der Waals surface area contributed by atoms with E-state index in [-0.39, 0.29) is 6.10 Å². The summed E-state index contributed by atoms with van der Waals surface area (Å²) in [6.45, 7) is 2.56. The minimum absolute atomic E-state index is 0.109. The third kappa shape index (κ3) is 1.98. The van der Waals surface area contributed by atoms with Crippen LogP contribution in [0.1, 0.15) is 12.8 Å². The van der Waals surface area contributed by atoms with E-state index in [9.17, 15) is 0 Å². The Morgan fingerprint density at radius 3 is 2.80 bits per heavy atom. The van der Waals surface area contributed by atoms with Crippen molar-refractivity contribution in [3.63, 3.8) is 0 Å². The number of hydrogen-bond donors (Lipinski definition) is 1. The first-order chi connectivity index (χ1) is 4.83. The second kappa shape index (κ2) is 3.55. The summed E-state index contributed by atoms with van der Waals surface area (Å²) < 4.78 is 0. The number of aliphatic hydroxyl groups excluding tert-OH is 1. The predicted molar refractivity (Wildman–Crippen MR) is 37.3 cm³/mol. The highest BCUT2D eigenvalue weighted by Gasteiger charge is 2.22.